The molecule has 3 heteroatoms. The minimum absolute atomic E-state index is 0.447. The summed E-state index contributed by atoms with van der Waals surface area (Å²) in [5, 5.41) is 2.41. The fourth-order valence-electron chi connectivity index (χ4n) is 2.38. The number of nitrogens with two attached hydrogens (primary N) is 1. The molecule has 0 aromatic carbocycles. The van der Waals surface area contributed by atoms with Gasteiger partial charge in [0.2, 0.25) is 0 Å². The predicted molar refractivity (Wildman–Crippen MR) is 56.3 cm³/mol. The minimum Gasteiger partial charge on any atom is -0.379 e. The van der Waals surface area contributed by atoms with Crippen molar-refractivity contribution in [3.05, 3.63) is 0 Å². The van der Waals surface area contributed by atoms with Gasteiger partial charge < -0.3 is 14.8 Å². The lowest BCUT2D eigenvalue weighted by Gasteiger charge is -2.30. The lowest BCUT2D eigenvalue weighted by atomic mass is 9.92. The molecule has 1 aliphatic carbocycles. The van der Waals surface area contributed by atoms with E-state index >= 15 is 0 Å². The second-order valence-corrected chi connectivity index (χ2v) is 4.35. The van der Waals surface area contributed by atoms with Crippen molar-refractivity contribution in [3.8, 4) is 0 Å². The molecule has 1 saturated carbocycles. The van der Waals surface area contributed by atoms with Crippen molar-refractivity contribution < 1.29 is 14.8 Å². The van der Waals surface area contributed by atoms with Crippen molar-refractivity contribution in [2.75, 3.05) is 20.8 Å². The van der Waals surface area contributed by atoms with Gasteiger partial charge in [0.05, 0.1) is 6.61 Å². The number of quaternary nitrogens is 1. The van der Waals surface area contributed by atoms with Gasteiger partial charge in [0, 0.05) is 20.6 Å². The van der Waals surface area contributed by atoms with Crippen LogP contribution in [0, 0.1) is 0 Å². The quantitative estimate of drug-likeness (QED) is 0.706. The van der Waals surface area contributed by atoms with Crippen LogP contribution in [0.1, 0.15) is 32.6 Å². The Morgan fingerprint density at radius 1 is 1.29 bits per heavy atom. The number of methoxy groups -OCH3 is 2. The van der Waals surface area contributed by atoms with Crippen LogP contribution in [-0.4, -0.2) is 39.0 Å². The van der Waals surface area contributed by atoms with E-state index < -0.39 is 0 Å². The topological polar surface area (TPSA) is 35.1 Å². The van der Waals surface area contributed by atoms with Gasteiger partial charge in [0.15, 0.2) is 0 Å². The molecule has 1 aliphatic rings. The Morgan fingerprint density at radius 3 is 2.64 bits per heavy atom. The Labute approximate surface area is 87.2 Å². The molecule has 84 valence electrons. The monoisotopic (exact) mass is 202 g/mol. The summed E-state index contributed by atoms with van der Waals surface area (Å²) in [6.07, 6.45) is 5.62. The average molecular weight is 202 g/mol. The highest BCUT2D eigenvalue weighted by molar-refractivity contribution is 4.74. The van der Waals surface area contributed by atoms with Crippen LogP contribution in [0.4, 0.5) is 0 Å². The van der Waals surface area contributed by atoms with Gasteiger partial charge >= 0.3 is 0 Å². The van der Waals surface area contributed by atoms with Crippen LogP contribution in [0.3, 0.4) is 0 Å². The first-order valence-electron chi connectivity index (χ1n) is 5.64. The molecule has 0 aliphatic heterocycles. The molecule has 1 fully saturated rings. The molecule has 0 aromatic heterocycles. The van der Waals surface area contributed by atoms with Gasteiger partial charge in [0.1, 0.15) is 18.2 Å². The fourth-order valence-corrected chi connectivity index (χ4v) is 2.38. The minimum atomic E-state index is 0.447. The van der Waals surface area contributed by atoms with Gasteiger partial charge in [-0.1, -0.05) is 6.42 Å². The Bertz CT molecular complexity index is 152. The molecular formula is C11H24NO2+. The molecule has 3 nitrogen and oxygen atoms in total. The highest BCUT2D eigenvalue weighted by Gasteiger charge is 2.28. The second-order valence-electron chi connectivity index (χ2n) is 4.35. The lowest BCUT2D eigenvalue weighted by molar-refractivity contribution is -0.728. The summed E-state index contributed by atoms with van der Waals surface area (Å²) in [6, 6.07) is 1.18. The summed E-state index contributed by atoms with van der Waals surface area (Å²) in [6.45, 7) is 3.04. The summed E-state index contributed by atoms with van der Waals surface area (Å²) < 4.78 is 10.7. The van der Waals surface area contributed by atoms with E-state index in [9.17, 15) is 0 Å². The highest BCUT2D eigenvalue weighted by atomic mass is 16.5. The molecule has 0 spiro atoms. The molecule has 0 heterocycles. The third-order valence-corrected chi connectivity index (χ3v) is 3.06. The van der Waals surface area contributed by atoms with E-state index in [2.05, 4.69) is 12.2 Å². The van der Waals surface area contributed by atoms with E-state index in [4.69, 9.17) is 9.47 Å². The maximum absolute atomic E-state index is 5.51. The molecular weight excluding hydrogens is 178 g/mol. The van der Waals surface area contributed by atoms with Crippen molar-refractivity contribution in [3.63, 3.8) is 0 Å². The van der Waals surface area contributed by atoms with Gasteiger partial charge in [0.25, 0.3) is 0 Å². The van der Waals surface area contributed by atoms with Crippen molar-refractivity contribution in [2.45, 2.75) is 50.8 Å². The number of hydrogen-bond donors (Lipinski definition) is 1. The van der Waals surface area contributed by atoms with E-state index in [0.29, 0.717) is 18.2 Å². The molecule has 0 unspecified atom stereocenters. The van der Waals surface area contributed by atoms with Crippen LogP contribution in [0.25, 0.3) is 0 Å². The van der Waals surface area contributed by atoms with Crippen molar-refractivity contribution in [2.24, 2.45) is 0 Å². The molecule has 3 atom stereocenters. The van der Waals surface area contributed by atoms with Gasteiger partial charge in [-0.05, 0) is 19.8 Å². The SMILES string of the molecule is COC[C@H](C)[NH2+][C@@H]1CCCC[C@H]1OC. The van der Waals surface area contributed by atoms with Crippen LogP contribution < -0.4 is 5.32 Å². The summed E-state index contributed by atoms with van der Waals surface area (Å²) in [5.74, 6) is 0. The van der Waals surface area contributed by atoms with E-state index in [1.165, 1.54) is 25.7 Å². The first-order valence-corrected chi connectivity index (χ1v) is 5.64. The number of hydrogen-bond acceptors (Lipinski definition) is 2. The van der Waals surface area contributed by atoms with Crippen LogP contribution in [0.2, 0.25) is 0 Å². The second kappa shape index (κ2) is 6.38. The fraction of sp³-hybridized carbons (Fsp3) is 1.00. The van der Waals surface area contributed by atoms with Crippen LogP contribution in [-0.2, 0) is 9.47 Å². The normalized spacial score (nSPS) is 30.2. The molecule has 0 amide bonds. The van der Waals surface area contributed by atoms with E-state index in [-0.39, 0.29) is 0 Å². The smallest absolute Gasteiger partial charge is 0.113 e. The molecule has 2 N–H and O–H groups in total. The van der Waals surface area contributed by atoms with Gasteiger partial charge in [-0.2, -0.15) is 0 Å². The van der Waals surface area contributed by atoms with E-state index in [1.54, 1.807) is 7.11 Å². The summed E-state index contributed by atoms with van der Waals surface area (Å²) in [7, 11) is 3.59. The van der Waals surface area contributed by atoms with E-state index in [0.717, 1.165) is 6.61 Å². The van der Waals surface area contributed by atoms with Gasteiger partial charge in [-0.3, -0.25) is 0 Å². The molecule has 1 rings (SSSR count). The zero-order chi connectivity index (χ0) is 10.4. The van der Waals surface area contributed by atoms with Crippen LogP contribution >= 0.6 is 0 Å². The van der Waals surface area contributed by atoms with Gasteiger partial charge in [-0.25, -0.2) is 0 Å². The Morgan fingerprint density at radius 2 is 2.00 bits per heavy atom. The Kier molecular flexibility index (Phi) is 5.45. The first-order chi connectivity index (χ1) is 6.77. The molecule has 0 bridgehead atoms. The maximum Gasteiger partial charge on any atom is 0.113 e. The first kappa shape index (κ1) is 12.0. The molecule has 0 radical (unpaired) electrons. The zero-order valence-electron chi connectivity index (χ0n) is 9.66. The van der Waals surface area contributed by atoms with E-state index in [1.807, 2.05) is 7.11 Å². The predicted octanol–water partition coefficient (Wildman–Crippen LogP) is 0.542. The molecule has 14 heavy (non-hydrogen) atoms. The summed E-state index contributed by atoms with van der Waals surface area (Å²) in [5.41, 5.74) is 0. The van der Waals surface area contributed by atoms with Crippen molar-refractivity contribution in [1.29, 1.82) is 0 Å². The zero-order valence-corrected chi connectivity index (χ0v) is 9.66. The van der Waals surface area contributed by atoms with Crippen molar-refractivity contribution in [1.82, 2.24) is 0 Å². The standard InChI is InChI=1S/C11H23NO2/c1-9(8-13-2)12-10-6-4-5-7-11(10)14-3/h9-12H,4-8H2,1-3H3/p+1/t9-,10+,11+/m0/s1. The molecule has 0 saturated heterocycles. The maximum atomic E-state index is 5.51. The van der Waals surface area contributed by atoms with Gasteiger partial charge in [-0.15, -0.1) is 0 Å². The Hall–Kier alpha value is -0.120. The third-order valence-electron chi connectivity index (χ3n) is 3.06. The molecule has 0 aromatic rings. The van der Waals surface area contributed by atoms with Crippen LogP contribution in [0.15, 0.2) is 0 Å². The highest BCUT2D eigenvalue weighted by Crippen LogP contribution is 2.18. The summed E-state index contributed by atoms with van der Waals surface area (Å²) in [4.78, 5) is 0. The van der Waals surface area contributed by atoms with Crippen molar-refractivity contribution >= 4 is 0 Å². The summed E-state index contributed by atoms with van der Waals surface area (Å²) >= 11 is 0. The average Bonchev–Trinajstić information content (AvgIpc) is 2.19. The largest absolute Gasteiger partial charge is 0.379 e. The number of rotatable bonds is 5. The van der Waals surface area contributed by atoms with Crippen LogP contribution in [0.5, 0.6) is 0 Å². The number of ether oxygens (including phenoxy) is 2. The lowest BCUT2D eigenvalue weighted by Crippen LogP contribution is -2.97. The Balaban J connectivity index is 2.32. The third kappa shape index (κ3) is 3.56.